The Hall–Kier alpha value is -0.870. The molecule has 0 bridgehead atoms. The lowest BCUT2D eigenvalue weighted by atomic mass is 9.86. The second-order valence-electron chi connectivity index (χ2n) is 5.75. The molecule has 19 heavy (non-hydrogen) atoms. The highest BCUT2D eigenvalue weighted by Crippen LogP contribution is 2.36. The van der Waals surface area contributed by atoms with Gasteiger partial charge in [0.25, 0.3) is 0 Å². The first-order valence-electron chi connectivity index (χ1n) is 7.34. The number of aryl methyl sites for hydroxylation is 1. The molecule has 2 heterocycles. The van der Waals surface area contributed by atoms with Gasteiger partial charge in [-0.25, -0.2) is 0 Å². The van der Waals surface area contributed by atoms with E-state index in [0.29, 0.717) is 11.8 Å². The van der Waals surface area contributed by atoms with Crippen LogP contribution in [0.1, 0.15) is 42.0 Å². The van der Waals surface area contributed by atoms with Crippen molar-refractivity contribution >= 4 is 17.2 Å². The predicted octanol–water partition coefficient (Wildman–Crippen LogP) is 2.37. The topological polar surface area (TPSA) is 46.3 Å². The van der Waals surface area contributed by atoms with Crippen LogP contribution >= 0.6 is 11.3 Å². The standard InChI is InChI=1S/C15H22N2OS/c16-10-11-4-7-17(8-5-11)15(18)13-2-1-3-14-12(13)6-9-19-14/h6,9,11,13H,1-5,7-8,10,16H2. The fraction of sp³-hybridized carbons (Fsp3) is 0.667. The summed E-state index contributed by atoms with van der Waals surface area (Å²) in [4.78, 5) is 16.2. The van der Waals surface area contributed by atoms with Crippen LogP contribution in [0.2, 0.25) is 0 Å². The Morgan fingerprint density at radius 2 is 2.16 bits per heavy atom. The quantitative estimate of drug-likeness (QED) is 0.902. The molecule has 2 N–H and O–H groups in total. The minimum absolute atomic E-state index is 0.129. The van der Waals surface area contributed by atoms with Crippen molar-refractivity contribution in [1.82, 2.24) is 4.90 Å². The van der Waals surface area contributed by atoms with Crippen molar-refractivity contribution < 1.29 is 4.79 Å². The highest BCUT2D eigenvalue weighted by molar-refractivity contribution is 7.10. The summed E-state index contributed by atoms with van der Waals surface area (Å²) in [6.45, 7) is 2.56. The number of hydrogen-bond donors (Lipinski definition) is 1. The first kappa shape index (κ1) is 13.1. The minimum atomic E-state index is 0.129. The van der Waals surface area contributed by atoms with E-state index in [1.165, 1.54) is 10.4 Å². The summed E-state index contributed by atoms with van der Waals surface area (Å²) in [6.07, 6.45) is 5.49. The van der Waals surface area contributed by atoms with Crippen molar-refractivity contribution in [2.75, 3.05) is 19.6 Å². The first-order valence-corrected chi connectivity index (χ1v) is 8.22. The Bertz CT molecular complexity index is 449. The maximum atomic E-state index is 12.7. The van der Waals surface area contributed by atoms with Crippen LogP contribution in [0.3, 0.4) is 0 Å². The third-order valence-electron chi connectivity index (χ3n) is 4.61. The Kier molecular flexibility index (Phi) is 3.89. The van der Waals surface area contributed by atoms with Gasteiger partial charge in [0.1, 0.15) is 0 Å². The van der Waals surface area contributed by atoms with Gasteiger partial charge >= 0.3 is 0 Å². The molecule has 0 saturated carbocycles. The molecule has 2 aliphatic rings. The number of hydrogen-bond acceptors (Lipinski definition) is 3. The van der Waals surface area contributed by atoms with E-state index < -0.39 is 0 Å². The van der Waals surface area contributed by atoms with E-state index in [9.17, 15) is 4.79 Å². The Morgan fingerprint density at radius 3 is 2.89 bits per heavy atom. The fourth-order valence-corrected chi connectivity index (χ4v) is 4.34. The molecule has 1 aromatic heterocycles. The van der Waals surface area contributed by atoms with Crippen LogP contribution < -0.4 is 5.73 Å². The van der Waals surface area contributed by atoms with Crippen LogP contribution in [0.25, 0.3) is 0 Å². The van der Waals surface area contributed by atoms with Crippen molar-refractivity contribution in [3.8, 4) is 0 Å². The van der Waals surface area contributed by atoms with E-state index in [0.717, 1.165) is 51.7 Å². The number of nitrogens with two attached hydrogens (primary N) is 1. The Labute approximate surface area is 118 Å². The summed E-state index contributed by atoms with van der Waals surface area (Å²) in [5, 5.41) is 2.14. The summed E-state index contributed by atoms with van der Waals surface area (Å²) < 4.78 is 0. The molecule has 1 saturated heterocycles. The zero-order valence-corrected chi connectivity index (χ0v) is 12.1. The minimum Gasteiger partial charge on any atom is -0.342 e. The highest BCUT2D eigenvalue weighted by Gasteiger charge is 2.32. The van der Waals surface area contributed by atoms with Gasteiger partial charge in [-0.05, 0) is 61.6 Å². The zero-order valence-electron chi connectivity index (χ0n) is 11.3. The maximum absolute atomic E-state index is 12.7. The molecule has 1 aliphatic carbocycles. The van der Waals surface area contributed by atoms with Gasteiger partial charge in [0.05, 0.1) is 5.92 Å². The van der Waals surface area contributed by atoms with Gasteiger partial charge in [0.2, 0.25) is 5.91 Å². The van der Waals surface area contributed by atoms with Crippen molar-refractivity contribution in [3.63, 3.8) is 0 Å². The number of thiophene rings is 1. The number of carbonyl (C=O) groups is 1. The van der Waals surface area contributed by atoms with Crippen LogP contribution in [0.4, 0.5) is 0 Å². The van der Waals surface area contributed by atoms with Crippen LogP contribution in [0, 0.1) is 5.92 Å². The number of carbonyl (C=O) groups excluding carboxylic acids is 1. The number of fused-ring (bicyclic) bond motifs is 1. The van der Waals surface area contributed by atoms with E-state index >= 15 is 0 Å². The van der Waals surface area contributed by atoms with Gasteiger partial charge in [-0.15, -0.1) is 11.3 Å². The third kappa shape index (κ3) is 2.56. The summed E-state index contributed by atoms with van der Waals surface area (Å²) in [5.41, 5.74) is 7.02. The summed E-state index contributed by atoms with van der Waals surface area (Å²) in [6, 6.07) is 2.16. The SMILES string of the molecule is NCC1CCN(C(=O)C2CCCc3sccc32)CC1. The van der Waals surface area contributed by atoms with Crippen LogP contribution in [0.5, 0.6) is 0 Å². The second-order valence-corrected chi connectivity index (χ2v) is 6.75. The van der Waals surface area contributed by atoms with E-state index in [4.69, 9.17) is 5.73 Å². The van der Waals surface area contributed by atoms with E-state index in [-0.39, 0.29) is 5.92 Å². The van der Waals surface area contributed by atoms with Gasteiger partial charge in [-0.3, -0.25) is 4.79 Å². The Balaban J connectivity index is 1.69. The monoisotopic (exact) mass is 278 g/mol. The predicted molar refractivity (Wildman–Crippen MR) is 78.4 cm³/mol. The smallest absolute Gasteiger partial charge is 0.230 e. The largest absolute Gasteiger partial charge is 0.342 e. The third-order valence-corrected chi connectivity index (χ3v) is 5.61. The number of nitrogens with zero attached hydrogens (tertiary/aromatic N) is 1. The molecule has 0 radical (unpaired) electrons. The van der Waals surface area contributed by atoms with Gasteiger partial charge in [0, 0.05) is 18.0 Å². The van der Waals surface area contributed by atoms with Gasteiger partial charge in [0.15, 0.2) is 0 Å². The summed E-state index contributed by atoms with van der Waals surface area (Å²) >= 11 is 1.81. The molecule has 3 rings (SSSR count). The van der Waals surface area contributed by atoms with Crippen molar-refractivity contribution in [2.45, 2.75) is 38.0 Å². The molecule has 1 aliphatic heterocycles. The molecule has 4 heteroatoms. The molecular weight excluding hydrogens is 256 g/mol. The summed E-state index contributed by atoms with van der Waals surface area (Å²) in [7, 11) is 0. The lowest BCUT2D eigenvalue weighted by Crippen LogP contribution is -2.42. The molecule has 1 aromatic rings. The van der Waals surface area contributed by atoms with Crippen LogP contribution in [-0.2, 0) is 11.2 Å². The lowest BCUT2D eigenvalue weighted by Gasteiger charge is -2.35. The van der Waals surface area contributed by atoms with Gasteiger partial charge in [-0.1, -0.05) is 0 Å². The Morgan fingerprint density at radius 1 is 1.37 bits per heavy atom. The van der Waals surface area contributed by atoms with Gasteiger partial charge in [-0.2, -0.15) is 0 Å². The number of likely N-dealkylation sites (tertiary alicyclic amines) is 1. The molecule has 3 nitrogen and oxygen atoms in total. The van der Waals surface area contributed by atoms with Crippen LogP contribution in [-0.4, -0.2) is 30.4 Å². The number of amides is 1. The first-order chi connectivity index (χ1) is 9.29. The number of piperidine rings is 1. The van der Waals surface area contributed by atoms with Crippen LogP contribution in [0.15, 0.2) is 11.4 Å². The van der Waals surface area contributed by atoms with Crippen molar-refractivity contribution in [3.05, 3.63) is 21.9 Å². The molecular formula is C15H22N2OS. The van der Waals surface area contributed by atoms with Gasteiger partial charge < -0.3 is 10.6 Å². The maximum Gasteiger partial charge on any atom is 0.230 e. The molecule has 104 valence electrons. The molecule has 1 atom stereocenters. The van der Waals surface area contributed by atoms with Crippen molar-refractivity contribution in [1.29, 1.82) is 0 Å². The highest BCUT2D eigenvalue weighted by atomic mass is 32.1. The molecule has 1 amide bonds. The average molecular weight is 278 g/mol. The molecule has 0 aromatic carbocycles. The zero-order chi connectivity index (χ0) is 13.2. The fourth-order valence-electron chi connectivity index (χ4n) is 3.35. The molecule has 1 unspecified atom stereocenters. The second kappa shape index (κ2) is 5.63. The average Bonchev–Trinajstić information content (AvgIpc) is 2.95. The normalized spacial score (nSPS) is 24.3. The van der Waals surface area contributed by atoms with Crippen molar-refractivity contribution in [2.24, 2.45) is 11.7 Å². The van der Waals surface area contributed by atoms with E-state index in [1.807, 2.05) is 11.3 Å². The summed E-state index contributed by atoms with van der Waals surface area (Å²) in [5.74, 6) is 1.10. The molecule has 0 spiro atoms. The lowest BCUT2D eigenvalue weighted by molar-refractivity contribution is -0.134. The molecule has 1 fully saturated rings. The van der Waals surface area contributed by atoms with E-state index in [1.54, 1.807) is 0 Å². The number of rotatable bonds is 2. The van der Waals surface area contributed by atoms with E-state index in [2.05, 4.69) is 16.3 Å².